The van der Waals surface area contributed by atoms with Crippen LogP contribution in [-0.4, -0.2) is 18.0 Å². The molecule has 0 spiro atoms. The summed E-state index contributed by atoms with van der Waals surface area (Å²) in [4.78, 5) is 2.52. The van der Waals surface area contributed by atoms with E-state index < -0.39 is 0 Å². The molecule has 0 N–H and O–H groups in total. The Morgan fingerprint density at radius 2 is 1.68 bits per heavy atom. The summed E-state index contributed by atoms with van der Waals surface area (Å²) >= 11 is 3.58. The molecule has 1 unspecified atom stereocenters. The molecule has 1 aliphatic heterocycles. The summed E-state index contributed by atoms with van der Waals surface area (Å²) in [5, 5.41) is 0. The zero-order chi connectivity index (χ0) is 15.2. The number of hydrogen-bond acceptors (Lipinski definition) is 1. The van der Waals surface area contributed by atoms with E-state index in [0.29, 0.717) is 0 Å². The zero-order valence-corrected chi connectivity index (χ0v) is 14.2. The molecule has 1 saturated heterocycles. The number of likely N-dealkylation sites (tertiary alicyclic amines) is 1. The Hall–Kier alpha value is -1.56. The van der Waals surface area contributed by atoms with E-state index >= 15 is 0 Å². The lowest BCUT2D eigenvalue weighted by molar-refractivity contribution is 0.197. The van der Waals surface area contributed by atoms with Gasteiger partial charge in [-0.3, -0.25) is 4.90 Å². The maximum absolute atomic E-state index is 3.58. The van der Waals surface area contributed by atoms with Gasteiger partial charge < -0.3 is 0 Å². The van der Waals surface area contributed by atoms with E-state index in [1.807, 2.05) is 18.2 Å². The normalized spacial score (nSPS) is 16.6. The average Bonchev–Trinajstić information content (AvgIpc) is 2.57. The van der Waals surface area contributed by atoms with Crippen LogP contribution in [0.5, 0.6) is 0 Å². The van der Waals surface area contributed by atoms with Crippen LogP contribution < -0.4 is 0 Å². The van der Waals surface area contributed by atoms with E-state index in [4.69, 9.17) is 0 Å². The highest BCUT2D eigenvalue weighted by Crippen LogP contribution is 2.26. The summed E-state index contributed by atoms with van der Waals surface area (Å²) in [6, 6.07) is 19.0. The number of hydrogen-bond donors (Lipinski definition) is 0. The molecular formula is C20H20BrN. The number of nitrogens with zero attached hydrogens (tertiary/aromatic N) is 1. The van der Waals surface area contributed by atoms with Crippen LogP contribution in [0.25, 0.3) is 0 Å². The van der Waals surface area contributed by atoms with Crippen LogP contribution in [0.2, 0.25) is 0 Å². The summed E-state index contributed by atoms with van der Waals surface area (Å²) in [5.41, 5.74) is 2.36. The number of halogens is 1. The molecule has 1 nitrogen and oxygen atoms in total. The molecule has 3 rings (SSSR count). The SMILES string of the molecule is Brc1cccc(C(C#Cc2ccccc2)N2CCCCC2)c1. The fourth-order valence-electron chi connectivity index (χ4n) is 2.91. The second kappa shape index (κ2) is 7.63. The van der Waals surface area contributed by atoms with Crippen LogP contribution in [0, 0.1) is 11.8 Å². The van der Waals surface area contributed by atoms with Gasteiger partial charge >= 0.3 is 0 Å². The lowest BCUT2D eigenvalue weighted by atomic mass is 10.0. The first-order chi connectivity index (χ1) is 10.8. The molecule has 2 aromatic carbocycles. The summed E-state index contributed by atoms with van der Waals surface area (Å²) in [6.07, 6.45) is 3.89. The second-order valence-electron chi connectivity index (χ2n) is 5.69. The molecule has 0 aliphatic carbocycles. The van der Waals surface area contributed by atoms with Gasteiger partial charge in [0.15, 0.2) is 0 Å². The van der Waals surface area contributed by atoms with Crippen molar-refractivity contribution in [3.8, 4) is 11.8 Å². The minimum absolute atomic E-state index is 0.179. The van der Waals surface area contributed by atoms with Gasteiger partial charge in [-0.15, -0.1) is 0 Å². The van der Waals surface area contributed by atoms with Crippen LogP contribution in [-0.2, 0) is 0 Å². The smallest absolute Gasteiger partial charge is 0.0974 e. The molecule has 0 amide bonds. The Bertz CT molecular complexity index is 663. The standard InChI is InChI=1S/C20H20BrN/c21-19-11-7-10-18(16-19)20(22-14-5-2-6-15-22)13-12-17-8-3-1-4-9-17/h1,3-4,7-11,16,20H,2,5-6,14-15H2. The van der Waals surface area contributed by atoms with E-state index in [0.717, 1.165) is 23.1 Å². The van der Waals surface area contributed by atoms with Crippen LogP contribution in [0.3, 0.4) is 0 Å². The van der Waals surface area contributed by atoms with Crippen molar-refractivity contribution >= 4 is 15.9 Å². The van der Waals surface area contributed by atoms with Gasteiger partial charge in [-0.05, 0) is 55.8 Å². The van der Waals surface area contributed by atoms with Gasteiger partial charge in [-0.1, -0.05) is 64.5 Å². The van der Waals surface area contributed by atoms with Gasteiger partial charge in [0.25, 0.3) is 0 Å². The molecular weight excluding hydrogens is 334 g/mol. The minimum Gasteiger partial charge on any atom is -0.286 e. The van der Waals surface area contributed by atoms with Crippen molar-refractivity contribution in [1.82, 2.24) is 4.90 Å². The van der Waals surface area contributed by atoms with E-state index in [-0.39, 0.29) is 6.04 Å². The lowest BCUT2D eigenvalue weighted by Crippen LogP contribution is -2.33. The Labute approximate surface area is 141 Å². The molecule has 1 heterocycles. The van der Waals surface area contributed by atoms with Crippen molar-refractivity contribution in [2.75, 3.05) is 13.1 Å². The molecule has 0 bridgehead atoms. The summed E-state index contributed by atoms with van der Waals surface area (Å²) < 4.78 is 1.12. The van der Waals surface area contributed by atoms with Gasteiger partial charge in [0, 0.05) is 10.0 Å². The highest BCUT2D eigenvalue weighted by molar-refractivity contribution is 9.10. The molecule has 0 saturated carbocycles. The van der Waals surface area contributed by atoms with Gasteiger partial charge in [0.05, 0.1) is 6.04 Å². The Kier molecular flexibility index (Phi) is 5.32. The van der Waals surface area contributed by atoms with Gasteiger partial charge in [-0.2, -0.15) is 0 Å². The summed E-state index contributed by atoms with van der Waals surface area (Å²) in [7, 11) is 0. The predicted octanol–water partition coefficient (Wildman–Crippen LogP) is 5.03. The van der Waals surface area contributed by atoms with Crippen molar-refractivity contribution < 1.29 is 0 Å². The molecule has 2 heteroatoms. The van der Waals surface area contributed by atoms with Crippen LogP contribution in [0.15, 0.2) is 59.1 Å². The molecule has 1 aliphatic rings. The van der Waals surface area contributed by atoms with Gasteiger partial charge in [0.1, 0.15) is 0 Å². The quantitative estimate of drug-likeness (QED) is 0.684. The first-order valence-electron chi connectivity index (χ1n) is 7.89. The van der Waals surface area contributed by atoms with Crippen molar-refractivity contribution in [2.45, 2.75) is 25.3 Å². The summed E-state index contributed by atoms with van der Waals surface area (Å²) in [6.45, 7) is 2.28. The predicted molar refractivity (Wildman–Crippen MR) is 95.6 cm³/mol. The lowest BCUT2D eigenvalue weighted by Gasteiger charge is -2.32. The first-order valence-corrected chi connectivity index (χ1v) is 8.68. The third-order valence-electron chi connectivity index (χ3n) is 4.05. The van der Waals surface area contributed by atoms with Crippen molar-refractivity contribution in [3.05, 3.63) is 70.2 Å². The molecule has 1 atom stereocenters. The number of benzene rings is 2. The fraction of sp³-hybridized carbons (Fsp3) is 0.300. The molecule has 112 valence electrons. The molecule has 0 radical (unpaired) electrons. The fourth-order valence-corrected chi connectivity index (χ4v) is 3.33. The van der Waals surface area contributed by atoms with Crippen molar-refractivity contribution in [3.63, 3.8) is 0 Å². The maximum Gasteiger partial charge on any atom is 0.0974 e. The van der Waals surface area contributed by atoms with Gasteiger partial charge in [-0.25, -0.2) is 0 Å². The number of rotatable bonds is 2. The first kappa shape index (κ1) is 15.3. The third-order valence-corrected chi connectivity index (χ3v) is 4.54. The third kappa shape index (κ3) is 4.00. The van der Waals surface area contributed by atoms with Crippen molar-refractivity contribution in [1.29, 1.82) is 0 Å². The number of piperidine rings is 1. The Morgan fingerprint density at radius 1 is 0.909 bits per heavy atom. The van der Waals surface area contributed by atoms with Crippen LogP contribution in [0.4, 0.5) is 0 Å². The second-order valence-corrected chi connectivity index (χ2v) is 6.61. The van der Waals surface area contributed by atoms with E-state index in [1.54, 1.807) is 0 Å². The molecule has 2 aromatic rings. The average molecular weight is 354 g/mol. The molecule has 22 heavy (non-hydrogen) atoms. The topological polar surface area (TPSA) is 3.24 Å². The largest absolute Gasteiger partial charge is 0.286 e. The zero-order valence-electron chi connectivity index (χ0n) is 12.6. The van der Waals surface area contributed by atoms with Crippen LogP contribution >= 0.6 is 15.9 Å². The minimum atomic E-state index is 0.179. The van der Waals surface area contributed by atoms with Gasteiger partial charge in [0.2, 0.25) is 0 Å². The Balaban J connectivity index is 1.91. The highest BCUT2D eigenvalue weighted by Gasteiger charge is 2.20. The molecule has 1 fully saturated rings. The maximum atomic E-state index is 3.58. The monoisotopic (exact) mass is 353 g/mol. The molecule has 0 aromatic heterocycles. The van der Waals surface area contributed by atoms with E-state index in [9.17, 15) is 0 Å². The Morgan fingerprint density at radius 3 is 2.41 bits per heavy atom. The summed E-state index contributed by atoms with van der Waals surface area (Å²) in [5.74, 6) is 6.86. The van der Waals surface area contributed by atoms with E-state index in [1.165, 1.54) is 24.8 Å². The highest BCUT2D eigenvalue weighted by atomic mass is 79.9. The van der Waals surface area contributed by atoms with Crippen LogP contribution in [0.1, 0.15) is 36.4 Å². The van der Waals surface area contributed by atoms with E-state index in [2.05, 4.69) is 69.1 Å². The van der Waals surface area contributed by atoms with Crippen molar-refractivity contribution in [2.24, 2.45) is 0 Å².